The van der Waals surface area contributed by atoms with Gasteiger partial charge in [0.05, 0.1) is 12.5 Å². The minimum atomic E-state index is -4.54. The molecule has 132 valence electrons. The van der Waals surface area contributed by atoms with E-state index in [0.717, 1.165) is 13.8 Å². The SMILES string of the molecule is CC(CCOC(=O)c1cccs1)CCC(C)(F)C(C)C(F)(F)F. The quantitative estimate of drug-likeness (QED) is 0.446. The fraction of sp³-hybridized carbons (Fsp3) is 0.688. The molecular weight excluding hydrogens is 332 g/mol. The van der Waals surface area contributed by atoms with E-state index in [1.807, 2.05) is 6.92 Å². The summed E-state index contributed by atoms with van der Waals surface area (Å²) in [6.07, 6.45) is -3.91. The second kappa shape index (κ2) is 8.13. The van der Waals surface area contributed by atoms with Gasteiger partial charge in [0.25, 0.3) is 0 Å². The summed E-state index contributed by atoms with van der Waals surface area (Å²) < 4.78 is 57.1. The third-order valence-corrected chi connectivity index (χ3v) is 4.94. The predicted molar refractivity (Wildman–Crippen MR) is 82.3 cm³/mol. The van der Waals surface area contributed by atoms with Crippen LogP contribution in [0.1, 0.15) is 49.7 Å². The van der Waals surface area contributed by atoms with Gasteiger partial charge in [-0.25, -0.2) is 9.18 Å². The average Bonchev–Trinajstić information content (AvgIpc) is 2.97. The minimum absolute atomic E-state index is 0.0263. The minimum Gasteiger partial charge on any atom is -0.461 e. The van der Waals surface area contributed by atoms with Crippen molar-refractivity contribution in [1.82, 2.24) is 0 Å². The maximum Gasteiger partial charge on any atom is 0.394 e. The molecule has 2 nitrogen and oxygen atoms in total. The molecule has 1 heterocycles. The van der Waals surface area contributed by atoms with Crippen LogP contribution in [0, 0.1) is 11.8 Å². The highest BCUT2D eigenvalue weighted by Gasteiger charge is 2.48. The van der Waals surface area contributed by atoms with Crippen molar-refractivity contribution in [1.29, 1.82) is 0 Å². The van der Waals surface area contributed by atoms with E-state index in [-0.39, 0.29) is 18.9 Å². The third kappa shape index (κ3) is 6.49. The third-order valence-electron chi connectivity index (χ3n) is 4.09. The summed E-state index contributed by atoms with van der Waals surface area (Å²) >= 11 is 1.28. The normalized spacial score (nSPS) is 17.3. The summed E-state index contributed by atoms with van der Waals surface area (Å²) in [5.74, 6) is -2.44. The van der Waals surface area contributed by atoms with E-state index in [1.54, 1.807) is 17.5 Å². The van der Waals surface area contributed by atoms with Gasteiger partial charge in [-0.1, -0.05) is 19.9 Å². The molecule has 0 aliphatic rings. The van der Waals surface area contributed by atoms with Crippen LogP contribution in [0.5, 0.6) is 0 Å². The summed E-state index contributed by atoms with van der Waals surface area (Å²) in [6, 6.07) is 3.40. The Morgan fingerprint density at radius 1 is 1.26 bits per heavy atom. The predicted octanol–water partition coefficient (Wildman–Crippen LogP) is 5.64. The fourth-order valence-electron chi connectivity index (χ4n) is 2.05. The summed E-state index contributed by atoms with van der Waals surface area (Å²) in [7, 11) is 0. The van der Waals surface area contributed by atoms with E-state index in [9.17, 15) is 22.4 Å². The van der Waals surface area contributed by atoms with Crippen molar-refractivity contribution < 1.29 is 27.1 Å². The van der Waals surface area contributed by atoms with Crippen LogP contribution in [-0.2, 0) is 4.74 Å². The van der Waals surface area contributed by atoms with Crippen LogP contribution in [-0.4, -0.2) is 24.4 Å². The maximum atomic E-state index is 14.2. The number of hydrogen-bond acceptors (Lipinski definition) is 3. The van der Waals surface area contributed by atoms with Gasteiger partial charge in [-0.2, -0.15) is 13.2 Å². The lowest BCUT2D eigenvalue weighted by Crippen LogP contribution is -2.38. The van der Waals surface area contributed by atoms with Crippen LogP contribution in [0.15, 0.2) is 17.5 Å². The second-order valence-electron chi connectivity index (χ2n) is 6.09. The molecule has 0 aliphatic heterocycles. The van der Waals surface area contributed by atoms with Gasteiger partial charge in [-0.15, -0.1) is 11.3 Å². The van der Waals surface area contributed by atoms with Gasteiger partial charge in [-0.05, 0) is 43.6 Å². The summed E-state index contributed by atoms with van der Waals surface area (Å²) in [5, 5.41) is 1.77. The summed E-state index contributed by atoms with van der Waals surface area (Å²) in [6.45, 7) is 3.85. The fourth-order valence-corrected chi connectivity index (χ4v) is 2.67. The number of thiophene rings is 1. The number of rotatable bonds is 8. The lowest BCUT2D eigenvalue weighted by Gasteiger charge is -2.30. The van der Waals surface area contributed by atoms with Crippen LogP contribution in [0.3, 0.4) is 0 Å². The number of carbonyl (C=O) groups is 1. The highest BCUT2D eigenvalue weighted by atomic mass is 32.1. The van der Waals surface area contributed by atoms with Gasteiger partial charge < -0.3 is 4.74 Å². The van der Waals surface area contributed by atoms with Crippen LogP contribution < -0.4 is 0 Å². The summed E-state index contributed by atoms with van der Waals surface area (Å²) in [5.41, 5.74) is -2.29. The molecule has 1 rings (SSSR count). The van der Waals surface area contributed by atoms with E-state index in [4.69, 9.17) is 4.74 Å². The van der Waals surface area contributed by atoms with Gasteiger partial charge in [0.2, 0.25) is 0 Å². The Labute approximate surface area is 137 Å². The van der Waals surface area contributed by atoms with Gasteiger partial charge in [0, 0.05) is 0 Å². The molecule has 3 unspecified atom stereocenters. The molecule has 0 saturated carbocycles. The average molecular weight is 354 g/mol. The van der Waals surface area contributed by atoms with Gasteiger partial charge in [0.1, 0.15) is 10.5 Å². The zero-order chi connectivity index (χ0) is 17.7. The zero-order valence-electron chi connectivity index (χ0n) is 13.5. The van der Waals surface area contributed by atoms with Crippen molar-refractivity contribution in [3.8, 4) is 0 Å². The Kier molecular flexibility index (Phi) is 7.04. The van der Waals surface area contributed by atoms with Crippen molar-refractivity contribution in [2.75, 3.05) is 6.61 Å². The smallest absolute Gasteiger partial charge is 0.394 e. The first-order valence-electron chi connectivity index (χ1n) is 7.50. The molecule has 0 N–H and O–H groups in total. The second-order valence-corrected chi connectivity index (χ2v) is 7.03. The molecule has 0 fully saturated rings. The molecule has 0 radical (unpaired) electrons. The lowest BCUT2D eigenvalue weighted by atomic mass is 9.85. The lowest BCUT2D eigenvalue weighted by molar-refractivity contribution is -0.203. The largest absolute Gasteiger partial charge is 0.461 e. The van der Waals surface area contributed by atoms with Crippen LogP contribution in [0.4, 0.5) is 17.6 Å². The van der Waals surface area contributed by atoms with Gasteiger partial charge in [-0.3, -0.25) is 0 Å². The molecule has 7 heteroatoms. The molecule has 0 amide bonds. The standard InChI is InChI=1S/C16H22F4O2S/c1-11(6-8-15(3,17)12(2)16(18,19)20)7-9-22-14(21)13-5-4-10-23-13/h4-5,10-12H,6-9H2,1-3H3. The number of carbonyl (C=O) groups excluding carboxylic acids is 1. The first kappa shape index (κ1) is 19.9. The van der Waals surface area contributed by atoms with Crippen molar-refractivity contribution in [3.05, 3.63) is 22.4 Å². The number of esters is 1. The van der Waals surface area contributed by atoms with E-state index in [0.29, 0.717) is 17.7 Å². The van der Waals surface area contributed by atoms with E-state index < -0.39 is 23.7 Å². The molecular formula is C16H22F4O2S. The zero-order valence-corrected chi connectivity index (χ0v) is 14.3. The molecule has 0 aromatic carbocycles. The van der Waals surface area contributed by atoms with Gasteiger partial charge in [0.15, 0.2) is 0 Å². The Morgan fingerprint density at radius 3 is 2.43 bits per heavy atom. The number of hydrogen-bond donors (Lipinski definition) is 0. The van der Waals surface area contributed by atoms with Crippen LogP contribution in [0.2, 0.25) is 0 Å². The molecule has 1 aromatic rings. The number of alkyl halides is 4. The Bertz CT molecular complexity index is 483. The first-order chi connectivity index (χ1) is 10.5. The van der Waals surface area contributed by atoms with Crippen molar-refractivity contribution >= 4 is 17.3 Å². The summed E-state index contributed by atoms with van der Waals surface area (Å²) in [4.78, 5) is 12.1. The number of halogens is 4. The molecule has 0 spiro atoms. The van der Waals surface area contributed by atoms with Crippen molar-refractivity contribution in [2.45, 2.75) is 51.9 Å². The van der Waals surface area contributed by atoms with Crippen LogP contribution >= 0.6 is 11.3 Å². The molecule has 1 aromatic heterocycles. The molecule has 0 aliphatic carbocycles. The Balaban J connectivity index is 2.31. The molecule has 23 heavy (non-hydrogen) atoms. The van der Waals surface area contributed by atoms with E-state index in [1.165, 1.54) is 11.3 Å². The number of ether oxygens (including phenoxy) is 1. The first-order valence-corrected chi connectivity index (χ1v) is 8.38. The highest BCUT2D eigenvalue weighted by Crippen LogP contribution is 2.39. The van der Waals surface area contributed by atoms with E-state index in [2.05, 4.69) is 0 Å². The highest BCUT2D eigenvalue weighted by molar-refractivity contribution is 7.11. The van der Waals surface area contributed by atoms with Crippen molar-refractivity contribution in [2.24, 2.45) is 11.8 Å². The monoisotopic (exact) mass is 354 g/mol. The molecule has 3 atom stereocenters. The Morgan fingerprint density at radius 2 is 1.91 bits per heavy atom. The van der Waals surface area contributed by atoms with Crippen LogP contribution in [0.25, 0.3) is 0 Å². The topological polar surface area (TPSA) is 26.3 Å². The maximum absolute atomic E-state index is 14.2. The van der Waals surface area contributed by atoms with E-state index >= 15 is 0 Å². The Hall–Kier alpha value is -1.11. The molecule has 0 bridgehead atoms. The van der Waals surface area contributed by atoms with Crippen molar-refractivity contribution in [3.63, 3.8) is 0 Å². The molecule has 0 saturated heterocycles. The van der Waals surface area contributed by atoms with Gasteiger partial charge >= 0.3 is 12.1 Å².